The Hall–Kier alpha value is -1.75. The normalized spacial score (nSPS) is 12.8. The van der Waals surface area contributed by atoms with E-state index in [9.17, 15) is 0 Å². The van der Waals surface area contributed by atoms with E-state index in [1.54, 1.807) is 11.8 Å². The smallest absolute Gasteiger partial charge is 0.231 e. The Labute approximate surface area is 103 Å². The van der Waals surface area contributed by atoms with Crippen molar-refractivity contribution in [3.05, 3.63) is 30.3 Å². The molecule has 0 saturated carbocycles. The van der Waals surface area contributed by atoms with E-state index in [2.05, 4.69) is 10.2 Å². The molecular formula is C12H10N2O2S. The summed E-state index contributed by atoms with van der Waals surface area (Å²) in [5, 5.41) is 9.20. The van der Waals surface area contributed by atoms with Gasteiger partial charge in [0.1, 0.15) is 5.03 Å². The minimum atomic E-state index is 0.288. The molecule has 0 amide bonds. The summed E-state index contributed by atoms with van der Waals surface area (Å²) in [6.07, 6.45) is 1.98. The van der Waals surface area contributed by atoms with Crippen molar-refractivity contribution in [2.45, 2.75) is 5.03 Å². The minimum Gasteiger partial charge on any atom is -0.454 e. The molecule has 4 nitrogen and oxygen atoms in total. The standard InChI is InChI=1S/C12H10N2O2S/c1-17-12-5-3-9(13-14-12)8-2-4-10-11(6-8)16-7-15-10/h2-6H,7H2,1H3. The van der Waals surface area contributed by atoms with Gasteiger partial charge < -0.3 is 9.47 Å². The van der Waals surface area contributed by atoms with Gasteiger partial charge in [0.25, 0.3) is 0 Å². The van der Waals surface area contributed by atoms with Gasteiger partial charge in [0.05, 0.1) is 5.69 Å². The molecule has 0 saturated heterocycles. The van der Waals surface area contributed by atoms with Crippen molar-refractivity contribution in [1.82, 2.24) is 10.2 Å². The average molecular weight is 246 g/mol. The average Bonchev–Trinajstić information content (AvgIpc) is 2.86. The second kappa shape index (κ2) is 4.25. The fourth-order valence-electron chi connectivity index (χ4n) is 1.64. The second-order valence-electron chi connectivity index (χ2n) is 3.53. The number of thioether (sulfide) groups is 1. The van der Waals surface area contributed by atoms with Gasteiger partial charge in [-0.05, 0) is 36.6 Å². The summed E-state index contributed by atoms with van der Waals surface area (Å²) in [5.41, 5.74) is 1.82. The quantitative estimate of drug-likeness (QED) is 0.762. The molecule has 2 heterocycles. The zero-order valence-electron chi connectivity index (χ0n) is 9.21. The molecule has 1 aromatic heterocycles. The highest BCUT2D eigenvalue weighted by Crippen LogP contribution is 2.35. The van der Waals surface area contributed by atoms with Gasteiger partial charge >= 0.3 is 0 Å². The predicted octanol–water partition coefficient (Wildman–Crippen LogP) is 2.59. The summed E-state index contributed by atoms with van der Waals surface area (Å²) in [4.78, 5) is 0. The van der Waals surface area contributed by atoms with Crippen molar-refractivity contribution in [3.8, 4) is 22.8 Å². The molecule has 1 aliphatic heterocycles. The lowest BCUT2D eigenvalue weighted by atomic mass is 10.1. The number of aromatic nitrogens is 2. The van der Waals surface area contributed by atoms with Crippen LogP contribution in [0, 0.1) is 0 Å². The molecular weight excluding hydrogens is 236 g/mol. The number of hydrogen-bond acceptors (Lipinski definition) is 5. The minimum absolute atomic E-state index is 0.288. The predicted molar refractivity (Wildman–Crippen MR) is 65.4 cm³/mol. The topological polar surface area (TPSA) is 44.2 Å². The maximum atomic E-state index is 5.33. The van der Waals surface area contributed by atoms with Crippen molar-refractivity contribution in [1.29, 1.82) is 0 Å². The van der Waals surface area contributed by atoms with Crippen molar-refractivity contribution >= 4 is 11.8 Å². The number of ether oxygens (including phenoxy) is 2. The van der Waals surface area contributed by atoms with E-state index in [4.69, 9.17) is 9.47 Å². The van der Waals surface area contributed by atoms with Crippen LogP contribution >= 0.6 is 11.8 Å². The Morgan fingerprint density at radius 3 is 2.71 bits per heavy atom. The van der Waals surface area contributed by atoms with Gasteiger partial charge in [-0.2, -0.15) is 0 Å². The number of fused-ring (bicyclic) bond motifs is 1. The van der Waals surface area contributed by atoms with Crippen LogP contribution in [0.4, 0.5) is 0 Å². The molecule has 1 aromatic carbocycles. The third-order valence-electron chi connectivity index (χ3n) is 2.52. The van der Waals surface area contributed by atoms with Crippen molar-refractivity contribution in [2.24, 2.45) is 0 Å². The van der Waals surface area contributed by atoms with Gasteiger partial charge in [-0.3, -0.25) is 0 Å². The van der Waals surface area contributed by atoms with Crippen LogP contribution < -0.4 is 9.47 Å². The van der Waals surface area contributed by atoms with Gasteiger partial charge in [-0.15, -0.1) is 22.0 Å². The lowest BCUT2D eigenvalue weighted by molar-refractivity contribution is 0.174. The zero-order valence-corrected chi connectivity index (χ0v) is 10.0. The maximum absolute atomic E-state index is 5.33. The first-order valence-electron chi connectivity index (χ1n) is 5.14. The van der Waals surface area contributed by atoms with Crippen LogP contribution in [0.2, 0.25) is 0 Å². The summed E-state index contributed by atoms with van der Waals surface area (Å²) in [5.74, 6) is 1.54. The lowest BCUT2D eigenvalue weighted by Crippen LogP contribution is -1.93. The molecule has 0 radical (unpaired) electrons. The number of nitrogens with zero attached hydrogens (tertiary/aromatic N) is 2. The number of benzene rings is 1. The summed E-state index contributed by atoms with van der Waals surface area (Å²) in [7, 11) is 0. The fourth-order valence-corrected chi connectivity index (χ4v) is 1.97. The van der Waals surface area contributed by atoms with Crippen LogP contribution in [0.1, 0.15) is 0 Å². The molecule has 0 spiro atoms. The van der Waals surface area contributed by atoms with E-state index in [1.807, 2.05) is 36.6 Å². The van der Waals surface area contributed by atoms with Gasteiger partial charge in [0.15, 0.2) is 11.5 Å². The third-order valence-corrected chi connectivity index (χ3v) is 3.15. The maximum Gasteiger partial charge on any atom is 0.231 e. The Balaban J connectivity index is 1.97. The van der Waals surface area contributed by atoms with E-state index in [0.717, 1.165) is 27.8 Å². The van der Waals surface area contributed by atoms with Crippen molar-refractivity contribution < 1.29 is 9.47 Å². The first kappa shape index (κ1) is 10.4. The largest absolute Gasteiger partial charge is 0.454 e. The third kappa shape index (κ3) is 1.93. The van der Waals surface area contributed by atoms with Gasteiger partial charge in [-0.1, -0.05) is 0 Å². The Morgan fingerprint density at radius 2 is 1.94 bits per heavy atom. The summed E-state index contributed by atoms with van der Waals surface area (Å²) < 4.78 is 10.6. The van der Waals surface area contributed by atoms with E-state index in [0.29, 0.717) is 0 Å². The van der Waals surface area contributed by atoms with E-state index >= 15 is 0 Å². The van der Waals surface area contributed by atoms with Gasteiger partial charge in [0, 0.05) is 5.56 Å². The fraction of sp³-hybridized carbons (Fsp3) is 0.167. The summed E-state index contributed by atoms with van der Waals surface area (Å²) in [6.45, 7) is 0.288. The number of hydrogen-bond donors (Lipinski definition) is 0. The molecule has 5 heteroatoms. The van der Waals surface area contributed by atoms with Crippen molar-refractivity contribution in [3.63, 3.8) is 0 Å². The molecule has 3 rings (SSSR count). The highest BCUT2D eigenvalue weighted by molar-refractivity contribution is 7.98. The first-order chi connectivity index (χ1) is 8.36. The lowest BCUT2D eigenvalue weighted by Gasteiger charge is -2.02. The van der Waals surface area contributed by atoms with Crippen molar-refractivity contribution in [2.75, 3.05) is 13.0 Å². The monoisotopic (exact) mass is 246 g/mol. The van der Waals surface area contributed by atoms with Gasteiger partial charge in [-0.25, -0.2) is 0 Å². The molecule has 0 bridgehead atoms. The van der Waals surface area contributed by atoms with Crippen LogP contribution in [-0.2, 0) is 0 Å². The molecule has 17 heavy (non-hydrogen) atoms. The Bertz CT molecular complexity index is 543. The van der Waals surface area contributed by atoms with Gasteiger partial charge in [0.2, 0.25) is 6.79 Å². The highest BCUT2D eigenvalue weighted by atomic mass is 32.2. The number of rotatable bonds is 2. The molecule has 0 unspecified atom stereocenters. The first-order valence-corrected chi connectivity index (χ1v) is 6.37. The van der Waals surface area contributed by atoms with Crippen LogP contribution in [0.25, 0.3) is 11.3 Å². The highest BCUT2D eigenvalue weighted by Gasteiger charge is 2.14. The van der Waals surface area contributed by atoms with Crippen LogP contribution in [0.15, 0.2) is 35.4 Å². The molecule has 0 fully saturated rings. The second-order valence-corrected chi connectivity index (χ2v) is 4.36. The Morgan fingerprint density at radius 1 is 1.06 bits per heavy atom. The summed E-state index contributed by atoms with van der Waals surface area (Å²) in [6, 6.07) is 9.68. The van der Waals surface area contributed by atoms with Crippen LogP contribution in [0.5, 0.6) is 11.5 Å². The van der Waals surface area contributed by atoms with Crippen LogP contribution in [0.3, 0.4) is 0 Å². The van der Waals surface area contributed by atoms with E-state index in [1.165, 1.54) is 0 Å². The molecule has 0 atom stereocenters. The summed E-state index contributed by atoms with van der Waals surface area (Å²) >= 11 is 1.57. The molecule has 86 valence electrons. The SMILES string of the molecule is CSc1ccc(-c2ccc3c(c2)OCO3)nn1. The molecule has 0 N–H and O–H groups in total. The Kier molecular flexibility index (Phi) is 2.60. The zero-order chi connectivity index (χ0) is 11.7. The molecule has 2 aromatic rings. The van der Waals surface area contributed by atoms with E-state index in [-0.39, 0.29) is 6.79 Å². The van der Waals surface area contributed by atoms with E-state index < -0.39 is 0 Å². The molecule has 1 aliphatic rings. The molecule has 0 aliphatic carbocycles. The van der Waals surface area contributed by atoms with Crippen LogP contribution in [-0.4, -0.2) is 23.2 Å².